The fourth-order valence-electron chi connectivity index (χ4n) is 4.51. The summed E-state index contributed by atoms with van der Waals surface area (Å²) in [7, 11) is 0. The van der Waals surface area contributed by atoms with E-state index in [4.69, 9.17) is 0 Å². The van der Waals surface area contributed by atoms with Crippen LogP contribution in [0.25, 0.3) is 0 Å². The minimum Gasteiger partial charge on any atom is -0.322 e. The summed E-state index contributed by atoms with van der Waals surface area (Å²) in [5.41, 5.74) is 2.96. The Labute approximate surface area is 210 Å². The van der Waals surface area contributed by atoms with Gasteiger partial charge in [-0.05, 0) is 72.8 Å². The van der Waals surface area contributed by atoms with E-state index < -0.39 is 29.5 Å². The van der Waals surface area contributed by atoms with Gasteiger partial charge in [-0.1, -0.05) is 24.3 Å². The van der Waals surface area contributed by atoms with Crippen molar-refractivity contribution in [1.82, 2.24) is 0 Å². The molecule has 8 heteroatoms. The number of anilines is 3. The van der Waals surface area contributed by atoms with Gasteiger partial charge in [-0.2, -0.15) is 0 Å². The van der Waals surface area contributed by atoms with Crippen LogP contribution in [-0.4, -0.2) is 29.5 Å². The Morgan fingerprint density at radius 3 is 1.22 bits per heavy atom. The standard InChI is InChI=1S/C29H17N3O5/c33-25(17-9-13-19(14-10-17)31-26(34)21-5-1-2-6-22(21)27(31)35)30-18-11-15-20(16-12-18)32-28(36)23-7-3-4-8-24(23)29(32)37/h1-16H,(H,30,33). The molecular weight excluding hydrogens is 470 g/mol. The van der Waals surface area contributed by atoms with E-state index in [1.165, 1.54) is 12.1 Å². The molecular formula is C29H17N3O5. The fraction of sp³-hybridized carbons (Fsp3) is 0. The minimum atomic E-state index is -0.407. The predicted molar refractivity (Wildman–Crippen MR) is 136 cm³/mol. The molecule has 0 unspecified atom stereocenters. The summed E-state index contributed by atoms with van der Waals surface area (Å²) in [6, 6.07) is 25.8. The molecule has 4 aromatic carbocycles. The van der Waals surface area contributed by atoms with Crippen LogP contribution >= 0.6 is 0 Å². The highest BCUT2D eigenvalue weighted by Crippen LogP contribution is 2.30. The predicted octanol–water partition coefficient (Wildman–Crippen LogP) is 4.54. The largest absolute Gasteiger partial charge is 0.322 e. The highest BCUT2D eigenvalue weighted by Gasteiger charge is 2.37. The molecule has 1 N–H and O–H groups in total. The first-order valence-corrected chi connectivity index (χ1v) is 11.4. The van der Waals surface area contributed by atoms with Gasteiger partial charge in [0.1, 0.15) is 0 Å². The first-order chi connectivity index (χ1) is 17.9. The smallest absolute Gasteiger partial charge is 0.266 e. The van der Waals surface area contributed by atoms with E-state index >= 15 is 0 Å². The maximum Gasteiger partial charge on any atom is 0.266 e. The average molecular weight is 487 g/mol. The number of imide groups is 2. The van der Waals surface area contributed by atoms with Crippen LogP contribution in [0.5, 0.6) is 0 Å². The van der Waals surface area contributed by atoms with E-state index in [9.17, 15) is 24.0 Å². The van der Waals surface area contributed by atoms with E-state index in [1.807, 2.05) is 0 Å². The fourth-order valence-corrected chi connectivity index (χ4v) is 4.51. The Morgan fingerprint density at radius 1 is 0.486 bits per heavy atom. The summed E-state index contributed by atoms with van der Waals surface area (Å²) in [6.07, 6.45) is 0. The van der Waals surface area contributed by atoms with E-state index in [1.54, 1.807) is 84.9 Å². The molecule has 0 aromatic heterocycles. The van der Waals surface area contributed by atoms with Gasteiger partial charge in [0, 0.05) is 11.3 Å². The van der Waals surface area contributed by atoms with E-state index in [-0.39, 0.29) is 0 Å². The van der Waals surface area contributed by atoms with E-state index in [0.717, 1.165) is 9.80 Å². The topological polar surface area (TPSA) is 104 Å². The maximum absolute atomic E-state index is 12.8. The van der Waals surface area contributed by atoms with Gasteiger partial charge in [-0.15, -0.1) is 0 Å². The molecule has 37 heavy (non-hydrogen) atoms. The number of benzene rings is 4. The van der Waals surface area contributed by atoms with Crippen molar-refractivity contribution in [3.05, 3.63) is 125 Å². The zero-order chi connectivity index (χ0) is 25.7. The lowest BCUT2D eigenvalue weighted by Gasteiger charge is -2.15. The van der Waals surface area contributed by atoms with E-state index in [2.05, 4.69) is 5.32 Å². The molecule has 0 bridgehead atoms. The summed E-state index contributed by atoms with van der Waals surface area (Å²) in [5.74, 6) is -2.00. The van der Waals surface area contributed by atoms with Gasteiger partial charge in [0.25, 0.3) is 29.5 Å². The summed E-state index contributed by atoms with van der Waals surface area (Å²) < 4.78 is 0. The van der Waals surface area contributed by atoms with Crippen LogP contribution in [0, 0.1) is 0 Å². The molecule has 0 saturated heterocycles. The van der Waals surface area contributed by atoms with Crippen molar-refractivity contribution in [3.8, 4) is 0 Å². The molecule has 2 aliphatic heterocycles. The molecule has 8 nitrogen and oxygen atoms in total. The Hall–Kier alpha value is -5.37. The SMILES string of the molecule is O=C(Nc1ccc(N2C(=O)c3ccccc3C2=O)cc1)c1ccc(N2C(=O)c3ccccc3C2=O)cc1. The third-order valence-corrected chi connectivity index (χ3v) is 6.36. The molecule has 0 saturated carbocycles. The van der Waals surface area contributed by atoms with Crippen LogP contribution in [0.1, 0.15) is 51.8 Å². The Balaban J connectivity index is 1.16. The zero-order valence-electron chi connectivity index (χ0n) is 19.2. The molecule has 5 amide bonds. The average Bonchev–Trinajstić information content (AvgIpc) is 3.34. The first-order valence-electron chi connectivity index (χ1n) is 11.4. The third kappa shape index (κ3) is 3.51. The lowest BCUT2D eigenvalue weighted by molar-refractivity contribution is 0.0910. The van der Waals surface area contributed by atoms with Crippen molar-refractivity contribution < 1.29 is 24.0 Å². The summed E-state index contributed by atoms with van der Waals surface area (Å²) in [6.45, 7) is 0. The van der Waals surface area contributed by atoms with E-state index in [0.29, 0.717) is 44.9 Å². The number of carbonyl (C=O) groups is 5. The summed E-state index contributed by atoms with van der Waals surface area (Å²) >= 11 is 0. The highest BCUT2D eigenvalue weighted by atomic mass is 16.2. The first kappa shape index (κ1) is 22.1. The number of hydrogen-bond acceptors (Lipinski definition) is 5. The summed E-state index contributed by atoms with van der Waals surface area (Å²) in [4.78, 5) is 65.7. The monoisotopic (exact) mass is 487 g/mol. The van der Waals surface area contributed by atoms with Crippen molar-refractivity contribution in [2.75, 3.05) is 15.1 Å². The van der Waals surface area contributed by atoms with Gasteiger partial charge in [0.2, 0.25) is 0 Å². The molecule has 0 atom stereocenters. The van der Waals surface area contributed by atoms with Gasteiger partial charge in [0.05, 0.1) is 33.6 Å². The maximum atomic E-state index is 12.8. The van der Waals surface area contributed by atoms with Gasteiger partial charge < -0.3 is 5.32 Å². The normalized spacial score (nSPS) is 14.2. The van der Waals surface area contributed by atoms with Crippen LogP contribution in [-0.2, 0) is 0 Å². The molecule has 0 fully saturated rings. The van der Waals surface area contributed by atoms with Crippen molar-refractivity contribution in [2.24, 2.45) is 0 Å². The number of nitrogens with zero attached hydrogens (tertiary/aromatic N) is 2. The Kier molecular flexibility index (Phi) is 5.01. The molecule has 178 valence electrons. The number of rotatable bonds is 4. The third-order valence-electron chi connectivity index (χ3n) is 6.36. The summed E-state index contributed by atoms with van der Waals surface area (Å²) in [5, 5.41) is 2.76. The van der Waals surface area contributed by atoms with Crippen molar-refractivity contribution in [3.63, 3.8) is 0 Å². The second kappa shape index (κ2) is 8.39. The highest BCUT2D eigenvalue weighted by molar-refractivity contribution is 6.35. The van der Waals surface area contributed by atoms with Gasteiger partial charge in [-0.3, -0.25) is 24.0 Å². The Morgan fingerprint density at radius 2 is 0.838 bits per heavy atom. The molecule has 6 rings (SSSR count). The van der Waals surface area contributed by atoms with Crippen LogP contribution in [0.15, 0.2) is 97.1 Å². The molecule has 0 radical (unpaired) electrons. The lowest BCUT2D eigenvalue weighted by atomic mass is 10.1. The number of carbonyl (C=O) groups excluding carboxylic acids is 5. The molecule has 0 aliphatic carbocycles. The van der Waals surface area contributed by atoms with Crippen molar-refractivity contribution in [1.29, 1.82) is 0 Å². The quantitative estimate of drug-likeness (QED) is 0.426. The van der Waals surface area contributed by atoms with Crippen LogP contribution < -0.4 is 15.1 Å². The minimum absolute atomic E-state index is 0.324. The van der Waals surface area contributed by atoms with Crippen molar-refractivity contribution in [2.45, 2.75) is 0 Å². The number of fused-ring (bicyclic) bond motifs is 2. The number of amides is 5. The molecule has 4 aromatic rings. The van der Waals surface area contributed by atoms with Gasteiger partial charge in [-0.25, -0.2) is 9.80 Å². The van der Waals surface area contributed by atoms with Gasteiger partial charge >= 0.3 is 0 Å². The number of nitrogens with one attached hydrogen (secondary N) is 1. The zero-order valence-corrected chi connectivity index (χ0v) is 19.2. The molecule has 2 heterocycles. The lowest BCUT2D eigenvalue weighted by Crippen LogP contribution is -2.29. The van der Waals surface area contributed by atoms with Crippen LogP contribution in [0.2, 0.25) is 0 Å². The Bertz CT molecular complexity index is 1570. The second-order valence-electron chi connectivity index (χ2n) is 8.53. The van der Waals surface area contributed by atoms with Crippen LogP contribution in [0.4, 0.5) is 17.1 Å². The van der Waals surface area contributed by atoms with Crippen LogP contribution in [0.3, 0.4) is 0 Å². The molecule has 2 aliphatic rings. The van der Waals surface area contributed by atoms with Crippen molar-refractivity contribution >= 4 is 46.6 Å². The second-order valence-corrected chi connectivity index (χ2v) is 8.53. The molecule has 0 spiro atoms. The van der Waals surface area contributed by atoms with Gasteiger partial charge in [0.15, 0.2) is 0 Å². The number of hydrogen-bond donors (Lipinski definition) is 1.